The SMILES string of the molecule is O=C1NC(=O)c2ccccc21.[N-]=[N+]=N. The number of carbonyl (C=O) groups excluding carboxylic acids is 2. The van der Waals surface area contributed by atoms with Gasteiger partial charge in [0.1, 0.15) is 0 Å². The second kappa shape index (κ2) is 4.06. The summed E-state index contributed by atoms with van der Waals surface area (Å²) >= 11 is 0. The average Bonchev–Trinajstić information content (AvgIpc) is 2.45. The van der Waals surface area contributed by atoms with Crippen LogP contribution in [-0.4, -0.2) is 11.8 Å². The summed E-state index contributed by atoms with van der Waals surface area (Å²) < 4.78 is 0. The second-order valence-corrected chi connectivity index (χ2v) is 2.43. The molecule has 1 aliphatic rings. The van der Waals surface area contributed by atoms with Gasteiger partial charge in [0, 0.05) is 0 Å². The van der Waals surface area contributed by atoms with Gasteiger partial charge in [0.25, 0.3) is 11.8 Å². The molecule has 0 aromatic heterocycles. The summed E-state index contributed by atoms with van der Waals surface area (Å²) in [6.45, 7) is 0. The summed E-state index contributed by atoms with van der Waals surface area (Å²) in [5.41, 5.74) is 13.2. The minimum atomic E-state index is -0.300. The molecule has 0 bridgehead atoms. The van der Waals surface area contributed by atoms with Crippen LogP contribution in [0.4, 0.5) is 0 Å². The number of benzene rings is 1. The van der Waals surface area contributed by atoms with Gasteiger partial charge in [-0.3, -0.25) is 14.9 Å². The van der Waals surface area contributed by atoms with Crippen molar-refractivity contribution >= 4 is 11.8 Å². The van der Waals surface area contributed by atoms with Crippen LogP contribution in [0.5, 0.6) is 0 Å². The maximum absolute atomic E-state index is 10.9. The van der Waals surface area contributed by atoms with Gasteiger partial charge < -0.3 is 0 Å². The normalized spacial score (nSPS) is 12.0. The highest BCUT2D eigenvalue weighted by Gasteiger charge is 2.25. The summed E-state index contributed by atoms with van der Waals surface area (Å²) in [4.78, 5) is 23.6. The molecule has 2 N–H and O–H groups in total. The summed E-state index contributed by atoms with van der Waals surface area (Å²) in [6.07, 6.45) is 0. The van der Waals surface area contributed by atoms with Gasteiger partial charge in [-0.25, -0.2) is 0 Å². The molecule has 0 unspecified atom stereocenters. The molecule has 0 fully saturated rings. The maximum Gasteiger partial charge on any atom is 0.258 e. The number of fused-ring (bicyclic) bond motifs is 1. The molecular formula is C8H6N4O2. The predicted octanol–water partition coefficient (Wildman–Crippen LogP) is 1.45. The third-order valence-electron chi connectivity index (χ3n) is 1.64. The van der Waals surface area contributed by atoms with Gasteiger partial charge in [-0.05, 0) is 22.6 Å². The molecule has 14 heavy (non-hydrogen) atoms. The van der Waals surface area contributed by atoms with Crippen LogP contribution in [0.1, 0.15) is 20.7 Å². The zero-order chi connectivity index (χ0) is 10.6. The van der Waals surface area contributed by atoms with Crippen molar-refractivity contribution in [3.8, 4) is 0 Å². The van der Waals surface area contributed by atoms with Crippen molar-refractivity contribution in [1.29, 1.82) is 5.53 Å². The fourth-order valence-electron chi connectivity index (χ4n) is 1.12. The largest absolute Gasteiger partial charge is 0.288 e. The molecule has 6 heteroatoms. The summed E-state index contributed by atoms with van der Waals surface area (Å²) in [7, 11) is 0. The molecule has 1 aromatic rings. The first kappa shape index (κ1) is 9.76. The number of hydrogen-bond acceptors (Lipinski definition) is 3. The standard InChI is InChI=1S/C8H5NO2.HN3/c10-7-5-3-1-2-4-6(5)8(11)9-7;1-3-2/h1-4H,(H,9,10,11);1H. The van der Waals surface area contributed by atoms with E-state index in [0.29, 0.717) is 11.1 Å². The van der Waals surface area contributed by atoms with Crippen LogP contribution in [-0.2, 0) is 0 Å². The maximum atomic E-state index is 10.9. The molecule has 70 valence electrons. The highest BCUT2D eigenvalue weighted by atomic mass is 16.2. The van der Waals surface area contributed by atoms with Crippen LogP contribution in [0.2, 0.25) is 0 Å². The van der Waals surface area contributed by atoms with Crippen LogP contribution >= 0.6 is 0 Å². The van der Waals surface area contributed by atoms with Crippen LogP contribution < -0.4 is 5.32 Å². The first-order valence-corrected chi connectivity index (χ1v) is 3.66. The van der Waals surface area contributed by atoms with Crippen molar-refractivity contribution in [1.82, 2.24) is 5.32 Å². The molecule has 0 atom stereocenters. The Labute approximate surface area is 79.0 Å². The van der Waals surface area contributed by atoms with Gasteiger partial charge in [0.05, 0.1) is 11.1 Å². The highest BCUT2D eigenvalue weighted by molar-refractivity contribution is 6.21. The van der Waals surface area contributed by atoms with Crippen LogP contribution in [0.15, 0.2) is 24.3 Å². The third kappa shape index (κ3) is 1.70. The van der Waals surface area contributed by atoms with Gasteiger partial charge in [0.15, 0.2) is 0 Å². The molecule has 0 saturated carbocycles. The Bertz CT molecular complexity index is 388. The lowest BCUT2D eigenvalue weighted by atomic mass is 10.1. The van der Waals surface area contributed by atoms with Gasteiger partial charge in [-0.1, -0.05) is 12.1 Å². The molecule has 2 amide bonds. The molecular weight excluding hydrogens is 184 g/mol. The number of nitrogens with zero attached hydrogens (tertiary/aromatic N) is 2. The fraction of sp³-hybridized carbons (Fsp3) is 0. The van der Waals surface area contributed by atoms with E-state index in [2.05, 4.69) is 5.32 Å². The van der Waals surface area contributed by atoms with Crippen LogP contribution in [0, 0.1) is 5.53 Å². The quantitative estimate of drug-likeness (QED) is 0.279. The van der Waals surface area contributed by atoms with Crippen molar-refractivity contribution in [2.24, 2.45) is 0 Å². The van der Waals surface area contributed by atoms with Crippen LogP contribution in [0.25, 0.3) is 10.4 Å². The first-order chi connectivity index (χ1) is 6.70. The molecule has 0 aliphatic carbocycles. The first-order valence-electron chi connectivity index (χ1n) is 3.66. The Balaban J connectivity index is 0.000000293. The van der Waals surface area contributed by atoms with E-state index in [1.54, 1.807) is 29.2 Å². The van der Waals surface area contributed by atoms with Gasteiger partial charge in [-0.15, -0.1) is 5.53 Å². The minimum absolute atomic E-state index is 0.300. The van der Waals surface area contributed by atoms with Crippen molar-refractivity contribution in [3.05, 3.63) is 45.8 Å². The predicted molar refractivity (Wildman–Crippen MR) is 47.7 cm³/mol. The Morgan fingerprint density at radius 2 is 1.50 bits per heavy atom. The second-order valence-electron chi connectivity index (χ2n) is 2.43. The lowest BCUT2D eigenvalue weighted by Crippen LogP contribution is -2.19. The number of nitrogens with one attached hydrogen (secondary N) is 2. The molecule has 2 rings (SSSR count). The van der Waals surface area contributed by atoms with E-state index in [1.807, 2.05) is 0 Å². The van der Waals surface area contributed by atoms with Crippen LogP contribution in [0.3, 0.4) is 0 Å². The summed E-state index contributed by atoms with van der Waals surface area (Å²) in [5.74, 6) is -0.601. The highest BCUT2D eigenvalue weighted by Crippen LogP contribution is 2.13. The third-order valence-corrected chi connectivity index (χ3v) is 1.64. The monoisotopic (exact) mass is 190 g/mol. The van der Waals surface area contributed by atoms with E-state index in [0.717, 1.165) is 0 Å². The zero-order valence-electron chi connectivity index (χ0n) is 7.02. The molecule has 1 aromatic carbocycles. The van der Waals surface area contributed by atoms with E-state index < -0.39 is 0 Å². The topological polar surface area (TPSA) is 106 Å². The minimum Gasteiger partial charge on any atom is -0.288 e. The summed E-state index contributed by atoms with van der Waals surface area (Å²) in [5, 5.41) is 2.20. The van der Waals surface area contributed by atoms with Gasteiger partial charge >= 0.3 is 0 Å². The van der Waals surface area contributed by atoms with Gasteiger partial charge in [-0.2, -0.15) is 0 Å². The smallest absolute Gasteiger partial charge is 0.258 e. The van der Waals surface area contributed by atoms with E-state index in [-0.39, 0.29) is 11.8 Å². The van der Waals surface area contributed by atoms with Crippen molar-refractivity contribution in [2.75, 3.05) is 0 Å². The van der Waals surface area contributed by atoms with E-state index in [1.165, 1.54) is 0 Å². The Morgan fingerprint density at radius 1 is 1.14 bits per heavy atom. The van der Waals surface area contributed by atoms with E-state index >= 15 is 0 Å². The Hall–Kier alpha value is -2.33. The molecule has 0 saturated heterocycles. The number of amides is 2. The van der Waals surface area contributed by atoms with E-state index in [4.69, 9.17) is 11.1 Å². The summed E-state index contributed by atoms with van der Waals surface area (Å²) in [6, 6.07) is 6.74. The average molecular weight is 190 g/mol. The Morgan fingerprint density at radius 3 is 1.86 bits per heavy atom. The lowest BCUT2D eigenvalue weighted by molar-refractivity contribution is 0.0879. The van der Waals surface area contributed by atoms with E-state index in [9.17, 15) is 9.59 Å². The zero-order valence-corrected chi connectivity index (χ0v) is 7.02. The molecule has 0 spiro atoms. The van der Waals surface area contributed by atoms with Gasteiger partial charge in [0.2, 0.25) is 0 Å². The number of imide groups is 1. The number of hydrogen-bond donors (Lipinski definition) is 2. The molecule has 0 radical (unpaired) electrons. The van der Waals surface area contributed by atoms with Crippen molar-refractivity contribution in [2.45, 2.75) is 0 Å². The number of rotatable bonds is 0. The van der Waals surface area contributed by atoms with Crippen molar-refractivity contribution in [3.63, 3.8) is 0 Å². The molecule has 6 nitrogen and oxygen atoms in total. The molecule has 1 heterocycles. The number of carbonyl (C=O) groups is 2. The Kier molecular flexibility index (Phi) is 2.83. The lowest BCUT2D eigenvalue weighted by Gasteiger charge is -1.88. The van der Waals surface area contributed by atoms with Crippen molar-refractivity contribution < 1.29 is 9.59 Å². The fourth-order valence-corrected chi connectivity index (χ4v) is 1.12. The molecule has 1 aliphatic heterocycles.